The van der Waals surface area contributed by atoms with Gasteiger partial charge in [0.15, 0.2) is 0 Å². The van der Waals surface area contributed by atoms with E-state index < -0.39 is 0 Å². The van der Waals surface area contributed by atoms with Crippen LogP contribution in [0.2, 0.25) is 0 Å². The third kappa shape index (κ3) is 1.99. The van der Waals surface area contributed by atoms with E-state index in [1.807, 2.05) is 6.07 Å². The number of aliphatic hydroxyl groups excluding tert-OH is 1. The lowest BCUT2D eigenvalue weighted by Gasteiger charge is -2.26. The summed E-state index contributed by atoms with van der Waals surface area (Å²) in [6.07, 6.45) is 6.50. The number of furan rings is 1. The molecule has 0 aromatic carbocycles. The van der Waals surface area contributed by atoms with Crippen molar-refractivity contribution in [3.05, 3.63) is 24.2 Å². The lowest BCUT2D eigenvalue weighted by molar-refractivity contribution is 0.0824. The van der Waals surface area contributed by atoms with Crippen LogP contribution in [0, 0.1) is 0 Å². The van der Waals surface area contributed by atoms with Crippen LogP contribution in [0.25, 0.3) is 0 Å². The lowest BCUT2D eigenvalue weighted by atomic mass is 10.2. The van der Waals surface area contributed by atoms with Crippen molar-refractivity contribution in [1.29, 1.82) is 0 Å². The number of aliphatic hydroxyl groups is 1. The molecule has 14 heavy (non-hydrogen) atoms. The van der Waals surface area contributed by atoms with Gasteiger partial charge in [-0.25, -0.2) is 0 Å². The standard InChI is InChI=1S/C11H17NO2/c1-12(7-9-5-6-14-8-9)10-3-2-4-11(10)13/h5-6,8,10-11,13H,2-4,7H2,1H3/t10-,11-/m0/s1. The number of likely N-dealkylation sites (N-methyl/N-ethyl adjacent to an activating group) is 1. The van der Waals surface area contributed by atoms with Crippen molar-refractivity contribution in [2.75, 3.05) is 7.05 Å². The fourth-order valence-electron chi connectivity index (χ4n) is 2.22. The molecule has 2 rings (SSSR count). The maximum atomic E-state index is 9.72. The summed E-state index contributed by atoms with van der Waals surface area (Å²) >= 11 is 0. The average molecular weight is 195 g/mol. The Morgan fingerprint density at radius 3 is 3.00 bits per heavy atom. The predicted octanol–water partition coefficient (Wildman–Crippen LogP) is 1.62. The summed E-state index contributed by atoms with van der Waals surface area (Å²) < 4.78 is 5.02. The van der Waals surface area contributed by atoms with Gasteiger partial charge >= 0.3 is 0 Å². The van der Waals surface area contributed by atoms with E-state index in [9.17, 15) is 5.11 Å². The minimum absolute atomic E-state index is 0.146. The van der Waals surface area contributed by atoms with Crippen LogP contribution in [-0.4, -0.2) is 29.2 Å². The van der Waals surface area contributed by atoms with Crippen molar-refractivity contribution in [3.63, 3.8) is 0 Å². The Balaban J connectivity index is 1.92. The molecule has 1 heterocycles. The summed E-state index contributed by atoms with van der Waals surface area (Å²) in [5, 5.41) is 9.72. The maximum absolute atomic E-state index is 9.72. The number of hydrogen-bond acceptors (Lipinski definition) is 3. The van der Waals surface area contributed by atoms with E-state index >= 15 is 0 Å². The molecule has 0 bridgehead atoms. The third-order valence-corrected chi connectivity index (χ3v) is 3.02. The van der Waals surface area contributed by atoms with E-state index in [0.717, 1.165) is 25.8 Å². The van der Waals surface area contributed by atoms with Gasteiger partial charge in [-0.15, -0.1) is 0 Å². The van der Waals surface area contributed by atoms with Crippen molar-refractivity contribution in [1.82, 2.24) is 4.90 Å². The van der Waals surface area contributed by atoms with Gasteiger partial charge in [-0.05, 0) is 32.4 Å². The van der Waals surface area contributed by atoms with Crippen molar-refractivity contribution < 1.29 is 9.52 Å². The highest BCUT2D eigenvalue weighted by Gasteiger charge is 2.28. The molecule has 0 unspecified atom stereocenters. The molecule has 1 aliphatic carbocycles. The topological polar surface area (TPSA) is 36.6 Å². The first-order valence-electron chi connectivity index (χ1n) is 5.17. The summed E-state index contributed by atoms with van der Waals surface area (Å²) in [4.78, 5) is 2.21. The molecule has 0 radical (unpaired) electrons. The quantitative estimate of drug-likeness (QED) is 0.796. The van der Waals surface area contributed by atoms with Gasteiger partial charge in [0.1, 0.15) is 0 Å². The summed E-state index contributed by atoms with van der Waals surface area (Å²) in [6, 6.07) is 2.29. The summed E-state index contributed by atoms with van der Waals surface area (Å²) in [5.41, 5.74) is 1.17. The molecule has 1 aliphatic rings. The normalized spacial score (nSPS) is 27.4. The highest BCUT2D eigenvalue weighted by molar-refractivity contribution is 5.05. The predicted molar refractivity (Wildman–Crippen MR) is 53.8 cm³/mol. The molecule has 78 valence electrons. The molecular weight excluding hydrogens is 178 g/mol. The highest BCUT2D eigenvalue weighted by atomic mass is 16.3. The zero-order valence-corrected chi connectivity index (χ0v) is 8.52. The minimum atomic E-state index is -0.146. The Hall–Kier alpha value is -0.800. The second-order valence-electron chi connectivity index (χ2n) is 4.11. The Bertz CT molecular complexity index is 271. The molecule has 0 spiro atoms. The SMILES string of the molecule is CN(Cc1ccoc1)[C@H]1CCC[C@@H]1O. The Morgan fingerprint density at radius 2 is 2.43 bits per heavy atom. The van der Waals surface area contributed by atoms with Crippen LogP contribution in [0.4, 0.5) is 0 Å². The summed E-state index contributed by atoms with van der Waals surface area (Å²) in [5.74, 6) is 0. The molecule has 3 heteroatoms. The van der Waals surface area contributed by atoms with Gasteiger partial charge < -0.3 is 9.52 Å². The molecule has 1 saturated carbocycles. The van der Waals surface area contributed by atoms with Crippen molar-refractivity contribution in [2.24, 2.45) is 0 Å². The van der Waals surface area contributed by atoms with Crippen LogP contribution in [0.5, 0.6) is 0 Å². The molecular formula is C11H17NO2. The smallest absolute Gasteiger partial charge is 0.0947 e. The first-order chi connectivity index (χ1) is 6.77. The largest absolute Gasteiger partial charge is 0.472 e. The van der Waals surface area contributed by atoms with E-state index in [0.29, 0.717) is 6.04 Å². The van der Waals surface area contributed by atoms with Crippen LogP contribution < -0.4 is 0 Å². The second kappa shape index (κ2) is 4.15. The molecule has 1 fully saturated rings. The fraction of sp³-hybridized carbons (Fsp3) is 0.636. The maximum Gasteiger partial charge on any atom is 0.0947 e. The number of rotatable bonds is 3. The average Bonchev–Trinajstić information content (AvgIpc) is 2.75. The molecule has 1 aromatic rings. The van der Waals surface area contributed by atoms with Gasteiger partial charge in [0, 0.05) is 18.2 Å². The van der Waals surface area contributed by atoms with Crippen molar-refractivity contribution in [3.8, 4) is 0 Å². The van der Waals surface area contributed by atoms with E-state index in [2.05, 4.69) is 11.9 Å². The lowest BCUT2D eigenvalue weighted by Crippen LogP contribution is -2.36. The summed E-state index contributed by atoms with van der Waals surface area (Å²) in [6.45, 7) is 0.859. The van der Waals surface area contributed by atoms with Gasteiger partial charge in [-0.2, -0.15) is 0 Å². The molecule has 1 aromatic heterocycles. The molecule has 3 nitrogen and oxygen atoms in total. The van der Waals surface area contributed by atoms with Crippen LogP contribution >= 0.6 is 0 Å². The molecule has 0 saturated heterocycles. The second-order valence-corrected chi connectivity index (χ2v) is 4.11. The van der Waals surface area contributed by atoms with Crippen LogP contribution in [0.3, 0.4) is 0 Å². The van der Waals surface area contributed by atoms with Gasteiger partial charge in [-0.3, -0.25) is 4.90 Å². The van der Waals surface area contributed by atoms with Crippen molar-refractivity contribution in [2.45, 2.75) is 38.0 Å². The molecule has 0 amide bonds. The van der Waals surface area contributed by atoms with Gasteiger partial charge in [-0.1, -0.05) is 0 Å². The first-order valence-corrected chi connectivity index (χ1v) is 5.17. The monoisotopic (exact) mass is 195 g/mol. The number of nitrogens with zero attached hydrogens (tertiary/aromatic N) is 1. The van der Waals surface area contributed by atoms with Crippen LogP contribution in [0.15, 0.2) is 23.0 Å². The molecule has 2 atom stereocenters. The van der Waals surface area contributed by atoms with E-state index in [4.69, 9.17) is 4.42 Å². The minimum Gasteiger partial charge on any atom is -0.472 e. The van der Waals surface area contributed by atoms with E-state index in [-0.39, 0.29) is 6.10 Å². The third-order valence-electron chi connectivity index (χ3n) is 3.02. The van der Waals surface area contributed by atoms with Gasteiger partial charge in [0.2, 0.25) is 0 Å². The number of hydrogen-bond donors (Lipinski definition) is 1. The van der Waals surface area contributed by atoms with E-state index in [1.54, 1.807) is 12.5 Å². The first kappa shape index (κ1) is 9.74. The van der Waals surface area contributed by atoms with Gasteiger partial charge in [0.05, 0.1) is 18.6 Å². The Kier molecular flexibility index (Phi) is 2.89. The van der Waals surface area contributed by atoms with Crippen LogP contribution in [-0.2, 0) is 6.54 Å². The summed E-state index contributed by atoms with van der Waals surface area (Å²) in [7, 11) is 2.06. The van der Waals surface area contributed by atoms with Crippen molar-refractivity contribution >= 4 is 0 Å². The zero-order chi connectivity index (χ0) is 9.97. The van der Waals surface area contributed by atoms with Gasteiger partial charge in [0.25, 0.3) is 0 Å². The highest BCUT2D eigenvalue weighted by Crippen LogP contribution is 2.24. The molecule has 1 N–H and O–H groups in total. The van der Waals surface area contributed by atoms with E-state index in [1.165, 1.54) is 5.56 Å². The Labute approximate surface area is 84.3 Å². The molecule has 0 aliphatic heterocycles. The zero-order valence-electron chi connectivity index (χ0n) is 8.52. The Morgan fingerprint density at radius 1 is 1.57 bits per heavy atom. The van der Waals surface area contributed by atoms with Crippen LogP contribution in [0.1, 0.15) is 24.8 Å². The fourth-order valence-corrected chi connectivity index (χ4v) is 2.22.